The fourth-order valence-electron chi connectivity index (χ4n) is 4.11. The van der Waals surface area contributed by atoms with Gasteiger partial charge in [0.25, 0.3) is 0 Å². The third-order valence-corrected chi connectivity index (χ3v) is 9.04. The van der Waals surface area contributed by atoms with Crippen LogP contribution in [0, 0.1) is 0 Å². The van der Waals surface area contributed by atoms with Crippen LogP contribution in [0.2, 0.25) is 0 Å². The first-order chi connectivity index (χ1) is 17.7. The van der Waals surface area contributed by atoms with Gasteiger partial charge in [0, 0.05) is 13.1 Å². The number of hydrogen-bond acceptors (Lipinski definition) is 6. The van der Waals surface area contributed by atoms with Crippen molar-refractivity contribution >= 4 is 31.6 Å². The predicted octanol–water partition coefficient (Wildman–Crippen LogP) is 2.38. The highest BCUT2D eigenvalue weighted by molar-refractivity contribution is 7.92. The lowest BCUT2D eigenvalue weighted by molar-refractivity contribution is -0.120. The van der Waals surface area contributed by atoms with E-state index >= 15 is 0 Å². The molecule has 196 valence electrons. The number of sulfonamides is 2. The number of benzene rings is 3. The smallest absolute Gasteiger partial charge is 0.243 e. The highest BCUT2D eigenvalue weighted by atomic mass is 32.2. The van der Waals surface area contributed by atoms with Crippen LogP contribution < -0.4 is 9.62 Å². The van der Waals surface area contributed by atoms with Crippen LogP contribution in [-0.4, -0.2) is 66.2 Å². The van der Waals surface area contributed by atoms with E-state index in [9.17, 15) is 21.6 Å². The average Bonchev–Trinajstić information content (AvgIpc) is 2.91. The van der Waals surface area contributed by atoms with Gasteiger partial charge in [-0.15, -0.1) is 0 Å². The van der Waals surface area contributed by atoms with E-state index in [0.29, 0.717) is 13.2 Å². The van der Waals surface area contributed by atoms with E-state index in [0.717, 1.165) is 21.7 Å². The zero-order valence-corrected chi connectivity index (χ0v) is 22.0. The number of nitrogens with zero attached hydrogens (tertiary/aromatic N) is 2. The number of amides is 1. The van der Waals surface area contributed by atoms with Crippen LogP contribution >= 0.6 is 0 Å². The minimum atomic E-state index is -3.85. The molecule has 1 saturated heterocycles. The topological polar surface area (TPSA) is 113 Å². The van der Waals surface area contributed by atoms with E-state index in [4.69, 9.17) is 4.74 Å². The van der Waals surface area contributed by atoms with E-state index in [1.54, 1.807) is 0 Å². The van der Waals surface area contributed by atoms with Crippen LogP contribution in [0.25, 0.3) is 0 Å². The van der Waals surface area contributed by atoms with Gasteiger partial charge in [-0.25, -0.2) is 16.8 Å². The molecule has 0 aromatic heterocycles. The molecule has 3 aromatic carbocycles. The summed E-state index contributed by atoms with van der Waals surface area (Å²) in [6.45, 7) is 0.681. The molecule has 0 spiro atoms. The molecule has 0 saturated carbocycles. The molecule has 37 heavy (non-hydrogen) atoms. The Morgan fingerprint density at radius 2 is 1.38 bits per heavy atom. The van der Waals surface area contributed by atoms with Crippen molar-refractivity contribution in [2.75, 3.05) is 43.4 Å². The summed E-state index contributed by atoms with van der Waals surface area (Å²) in [4.78, 5) is 13.2. The second-order valence-corrected chi connectivity index (χ2v) is 12.4. The lowest BCUT2D eigenvalue weighted by Gasteiger charge is -2.27. The summed E-state index contributed by atoms with van der Waals surface area (Å²) in [6.07, 6.45) is 1.00. The predicted molar refractivity (Wildman–Crippen MR) is 141 cm³/mol. The number of anilines is 1. The maximum Gasteiger partial charge on any atom is 0.243 e. The van der Waals surface area contributed by atoms with Crippen LogP contribution in [0.3, 0.4) is 0 Å². The average molecular weight is 544 g/mol. The normalized spacial score (nSPS) is 14.9. The van der Waals surface area contributed by atoms with Gasteiger partial charge in [0.15, 0.2) is 0 Å². The second kappa shape index (κ2) is 11.4. The van der Waals surface area contributed by atoms with Gasteiger partial charge in [-0.05, 0) is 35.4 Å². The molecule has 1 amide bonds. The number of carbonyl (C=O) groups excluding carboxylic acids is 1. The Hall–Kier alpha value is -3.25. The molecular formula is C26H29N3O6S2. The first kappa shape index (κ1) is 26.8. The van der Waals surface area contributed by atoms with Gasteiger partial charge in [-0.3, -0.25) is 9.10 Å². The molecule has 11 heteroatoms. The summed E-state index contributed by atoms with van der Waals surface area (Å²) in [6, 6.07) is 23.8. The first-order valence-electron chi connectivity index (χ1n) is 11.7. The molecule has 1 fully saturated rings. The molecule has 4 rings (SSSR count). The van der Waals surface area contributed by atoms with Crippen molar-refractivity contribution in [3.63, 3.8) is 0 Å². The molecule has 0 aliphatic carbocycles. The highest BCUT2D eigenvalue weighted by Gasteiger charge is 2.28. The zero-order valence-electron chi connectivity index (χ0n) is 20.4. The van der Waals surface area contributed by atoms with Gasteiger partial charge >= 0.3 is 0 Å². The Morgan fingerprint density at radius 1 is 0.865 bits per heavy atom. The van der Waals surface area contributed by atoms with E-state index in [1.807, 2.05) is 60.7 Å². The highest BCUT2D eigenvalue weighted by Crippen LogP contribution is 2.25. The van der Waals surface area contributed by atoms with Crippen LogP contribution in [0.15, 0.2) is 89.8 Å². The standard InChI is InChI=1S/C26H29N3O6S2/c1-36(31,32)29(23-12-14-24(15-13-23)37(33,34)28-16-18-35-19-17-28)20-25(30)27-26(21-8-4-2-5-9-21)22-10-6-3-7-11-22/h2-15,26H,16-20H2,1H3,(H,27,30). The summed E-state index contributed by atoms with van der Waals surface area (Å²) >= 11 is 0. The van der Waals surface area contributed by atoms with E-state index in [2.05, 4.69) is 5.32 Å². The third kappa shape index (κ3) is 6.55. The monoisotopic (exact) mass is 543 g/mol. The van der Waals surface area contributed by atoms with Crippen molar-refractivity contribution in [3.05, 3.63) is 96.1 Å². The SMILES string of the molecule is CS(=O)(=O)N(CC(=O)NC(c1ccccc1)c1ccccc1)c1ccc(S(=O)(=O)N2CCOCC2)cc1. The van der Waals surface area contributed by atoms with Gasteiger partial charge in [-0.1, -0.05) is 60.7 Å². The van der Waals surface area contributed by atoms with Gasteiger partial charge in [0.1, 0.15) is 6.54 Å². The van der Waals surface area contributed by atoms with Crippen molar-refractivity contribution in [1.29, 1.82) is 0 Å². The van der Waals surface area contributed by atoms with Gasteiger partial charge in [-0.2, -0.15) is 4.31 Å². The minimum Gasteiger partial charge on any atom is -0.379 e. The summed E-state index contributed by atoms with van der Waals surface area (Å²) in [7, 11) is -7.58. The molecule has 0 unspecified atom stereocenters. The third-order valence-electron chi connectivity index (χ3n) is 5.99. The maximum atomic E-state index is 13.1. The van der Waals surface area contributed by atoms with Crippen molar-refractivity contribution in [3.8, 4) is 0 Å². The van der Waals surface area contributed by atoms with Crippen LogP contribution in [0.4, 0.5) is 5.69 Å². The quantitative estimate of drug-likeness (QED) is 0.444. The van der Waals surface area contributed by atoms with Crippen molar-refractivity contribution < 1.29 is 26.4 Å². The van der Waals surface area contributed by atoms with Gasteiger partial charge in [0.2, 0.25) is 26.0 Å². The van der Waals surface area contributed by atoms with E-state index < -0.39 is 38.5 Å². The number of ether oxygens (including phenoxy) is 1. The summed E-state index contributed by atoms with van der Waals surface area (Å²) in [5.74, 6) is -0.506. The Labute approximate surface area is 217 Å². The minimum absolute atomic E-state index is 0.0456. The maximum absolute atomic E-state index is 13.1. The van der Waals surface area contributed by atoms with E-state index in [-0.39, 0.29) is 23.7 Å². The Morgan fingerprint density at radius 3 is 1.86 bits per heavy atom. The molecular weight excluding hydrogens is 514 g/mol. The molecule has 9 nitrogen and oxygen atoms in total. The molecule has 3 aromatic rings. The molecule has 0 bridgehead atoms. The van der Waals surface area contributed by atoms with Crippen LogP contribution in [0.1, 0.15) is 17.2 Å². The Balaban J connectivity index is 1.55. The lowest BCUT2D eigenvalue weighted by Crippen LogP contribution is -2.42. The Bertz CT molecular complexity index is 1370. The van der Waals surface area contributed by atoms with Crippen molar-refractivity contribution in [2.45, 2.75) is 10.9 Å². The van der Waals surface area contributed by atoms with Crippen LogP contribution in [0.5, 0.6) is 0 Å². The largest absolute Gasteiger partial charge is 0.379 e. The first-order valence-corrected chi connectivity index (χ1v) is 15.0. The molecule has 1 N–H and O–H groups in total. The summed E-state index contributed by atoms with van der Waals surface area (Å²) < 4.78 is 58.6. The molecule has 0 atom stereocenters. The number of carbonyl (C=O) groups is 1. The number of nitrogens with one attached hydrogen (secondary N) is 1. The molecule has 1 aliphatic rings. The van der Waals surface area contributed by atoms with Gasteiger partial charge in [0.05, 0.1) is 36.1 Å². The Kier molecular flexibility index (Phi) is 8.28. The van der Waals surface area contributed by atoms with E-state index in [1.165, 1.54) is 28.6 Å². The lowest BCUT2D eigenvalue weighted by atomic mass is 9.99. The summed E-state index contributed by atoms with van der Waals surface area (Å²) in [5.41, 5.74) is 1.89. The fourth-order valence-corrected chi connectivity index (χ4v) is 6.37. The number of morpholine rings is 1. The van der Waals surface area contributed by atoms with Gasteiger partial charge < -0.3 is 10.1 Å². The molecule has 1 heterocycles. The zero-order chi connectivity index (χ0) is 26.5. The summed E-state index contributed by atoms with van der Waals surface area (Å²) in [5, 5.41) is 2.94. The van der Waals surface area contributed by atoms with Crippen LogP contribution in [-0.2, 0) is 29.6 Å². The van der Waals surface area contributed by atoms with Crippen molar-refractivity contribution in [1.82, 2.24) is 9.62 Å². The van der Waals surface area contributed by atoms with Crippen molar-refractivity contribution in [2.24, 2.45) is 0 Å². The molecule has 0 radical (unpaired) electrons. The fraction of sp³-hybridized carbons (Fsp3) is 0.269. The molecule has 1 aliphatic heterocycles. The number of rotatable bonds is 9. The second-order valence-electron chi connectivity index (χ2n) is 8.60. The number of hydrogen-bond donors (Lipinski definition) is 1.